The average Bonchev–Trinajstić information content (AvgIpc) is 3.36. The molecule has 1 aromatic heterocycles. The van der Waals surface area contributed by atoms with Gasteiger partial charge in [0.1, 0.15) is 6.61 Å². The normalized spacial score (nSPS) is 10.8. The summed E-state index contributed by atoms with van der Waals surface area (Å²) in [6.45, 7) is 7.44. The van der Waals surface area contributed by atoms with Gasteiger partial charge in [0.05, 0.1) is 17.6 Å². The van der Waals surface area contributed by atoms with Gasteiger partial charge in [0.25, 0.3) is 5.91 Å². The standard InChI is InChI=1S/C25H28N2O4S/c1-4-27(5-2)14-15-31-22-17-18(12-13-21(22)30-3)26-25(29)20-10-7-6-9-19(20)24(28)23-11-8-16-32-23/h6-13,16-17H,4-5,14-15H2,1-3H3,(H,26,29). The molecule has 0 spiro atoms. The number of carbonyl (C=O) groups excluding carboxylic acids is 2. The van der Waals surface area contributed by atoms with Gasteiger partial charge in [-0.3, -0.25) is 9.59 Å². The van der Waals surface area contributed by atoms with E-state index in [9.17, 15) is 9.59 Å². The van der Waals surface area contributed by atoms with E-state index < -0.39 is 0 Å². The van der Waals surface area contributed by atoms with Crippen LogP contribution in [0.15, 0.2) is 60.0 Å². The summed E-state index contributed by atoms with van der Waals surface area (Å²) in [4.78, 5) is 28.7. The van der Waals surface area contributed by atoms with Crippen LogP contribution in [-0.2, 0) is 0 Å². The number of ketones is 1. The molecule has 0 saturated heterocycles. The Kier molecular flexibility index (Phi) is 8.41. The number of thiophene rings is 1. The number of carbonyl (C=O) groups is 2. The van der Waals surface area contributed by atoms with Gasteiger partial charge in [-0.2, -0.15) is 0 Å². The largest absolute Gasteiger partial charge is 0.493 e. The number of nitrogens with one attached hydrogen (secondary N) is 1. The van der Waals surface area contributed by atoms with Crippen LogP contribution in [0.5, 0.6) is 11.5 Å². The van der Waals surface area contributed by atoms with Crippen LogP contribution in [0.2, 0.25) is 0 Å². The summed E-state index contributed by atoms with van der Waals surface area (Å²) in [5, 5.41) is 4.72. The molecule has 1 amide bonds. The van der Waals surface area contributed by atoms with Gasteiger partial charge in [0.2, 0.25) is 5.78 Å². The van der Waals surface area contributed by atoms with E-state index >= 15 is 0 Å². The molecule has 0 radical (unpaired) electrons. The highest BCUT2D eigenvalue weighted by Gasteiger charge is 2.19. The second-order valence-electron chi connectivity index (χ2n) is 7.05. The molecule has 0 unspecified atom stereocenters. The van der Waals surface area contributed by atoms with Crippen molar-refractivity contribution in [2.24, 2.45) is 0 Å². The predicted molar refractivity (Wildman–Crippen MR) is 128 cm³/mol. The van der Waals surface area contributed by atoms with E-state index in [1.165, 1.54) is 11.3 Å². The molecule has 1 N–H and O–H groups in total. The zero-order valence-corrected chi connectivity index (χ0v) is 19.4. The lowest BCUT2D eigenvalue weighted by Crippen LogP contribution is -2.28. The number of rotatable bonds is 11. The minimum absolute atomic E-state index is 0.166. The highest BCUT2D eigenvalue weighted by Crippen LogP contribution is 2.30. The third kappa shape index (κ3) is 5.75. The number of amides is 1. The summed E-state index contributed by atoms with van der Waals surface area (Å²) >= 11 is 1.35. The Labute approximate surface area is 192 Å². The van der Waals surface area contributed by atoms with Crippen LogP contribution in [0.4, 0.5) is 5.69 Å². The molecule has 32 heavy (non-hydrogen) atoms. The van der Waals surface area contributed by atoms with Crippen molar-refractivity contribution in [1.29, 1.82) is 0 Å². The molecule has 0 bridgehead atoms. The molecule has 3 rings (SSSR count). The monoisotopic (exact) mass is 452 g/mol. The number of ether oxygens (including phenoxy) is 2. The summed E-state index contributed by atoms with van der Waals surface area (Å²) in [5.41, 5.74) is 1.26. The molecule has 1 heterocycles. The quantitative estimate of drug-likeness (QED) is 0.417. The van der Waals surface area contributed by atoms with Gasteiger partial charge in [-0.05, 0) is 42.7 Å². The molecule has 0 saturated carbocycles. The zero-order valence-electron chi connectivity index (χ0n) is 18.6. The van der Waals surface area contributed by atoms with E-state index in [1.54, 1.807) is 55.6 Å². The number of nitrogens with zero attached hydrogens (tertiary/aromatic N) is 1. The van der Waals surface area contributed by atoms with E-state index in [1.807, 2.05) is 11.4 Å². The Morgan fingerprint density at radius 1 is 0.969 bits per heavy atom. The Morgan fingerprint density at radius 2 is 1.72 bits per heavy atom. The number of benzene rings is 2. The number of anilines is 1. The molecule has 0 aliphatic carbocycles. The minimum atomic E-state index is -0.357. The molecule has 3 aromatic rings. The van der Waals surface area contributed by atoms with Crippen LogP contribution < -0.4 is 14.8 Å². The number of hydrogen-bond donors (Lipinski definition) is 1. The minimum Gasteiger partial charge on any atom is -0.493 e. The highest BCUT2D eigenvalue weighted by molar-refractivity contribution is 7.12. The lowest BCUT2D eigenvalue weighted by atomic mass is 10.0. The summed E-state index contributed by atoms with van der Waals surface area (Å²) in [7, 11) is 1.58. The Bertz CT molecular complexity index is 1050. The van der Waals surface area contributed by atoms with Crippen molar-refractivity contribution in [3.8, 4) is 11.5 Å². The van der Waals surface area contributed by atoms with E-state index in [4.69, 9.17) is 9.47 Å². The van der Waals surface area contributed by atoms with Crippen LogP contribution in [0, 0.1) is 0 Å². The van der Waals surface area contributed by atoms with E-state index in [2.05, 4.69) is 24.1 Å². The van der Waals surface area contributed by atoms with Crippen molar-refractivity contribution in [2.45, 2.75) is 13.8 Å². The SMILES string of the molecule is CCN(CC)CCOc1cc(NC(=O)c2ccccc2C(=O)c2cccs2)ccc1OC. The van der Waals surface area contributed by atoms with E-state index in [0.29, 0.717) is 39.8 Å². The topological polar surface area (TPSA) is 67.9 Å². The van der Waals surface area contributed by atoms with Crippen LogP contribution >= 0.6 is 11.3 Å². The molecule has 0 fully saturated rings. The van der Waals surface area contributed by atoms with Crippen LogP contribution in [-0.4, -0.2) is 49.9 Å². The molecule has 6 nitrogen and oxygen atoms in total. The molecule has 0 aliphatic rings. The van der Waals surface area contributed by atoms with Crippen molar-refractivity contribution in [2.75, 3.05) is 38.7 Å². The maximum absolute atomic E-state index is 13.0. The second-order valence-corrected chi connectivity index (χ2v) is 7.99. The van der Waals surface area contributed by atoms with Crippen LogP contribution in [0.1, 0.15) is 39.4 Å². The Balaban J connectivity index is 1.76. The lowest BCUT2D eigenvalue weighted by Gasteiger charge is -2.19. The van der Waals surface area contributed by atoms with Gasteiger partial charge in [-0.15, -0.1) is 11.3 Å². The summed E-state index contributed by atoms with van der Waals surface area (Å²) < 4.78 is 11.3. The first-order chi connectivity index (χ1) is 15.6. The first-order valence-corrected chi connectivity index (χ1v) is 11.5. The molecular formula is C25H28N2O4S. The molecule has 0 atom stereocenters. The van der Waals surface area contributed by atoms with Crippen molar-refractivity contribution >= 4 is 28.7 Å². The fourth-order valence-electron chi connectivity index (χ4n) is 3.31. The average molecular weight is 453 g/mol. The summed E-state index contributed by atoms with van der Waals surface area (Å²) in [6.07, 6.45) is 0. The third-order valence-corrected chi connectivity index (χ3v) is 6.01. The molecule has 0 aliphatic heterocycles. The predicted octanol–water partition coefficient (Wildman–Crippen LogP) is 4.96. The number of likely N-dealkylation sites (N-methyl/N-ethyl adjacent to an activating group) is 1. The highest BCUT2D eigenvalue weighted by atomic mass is 32.1. The van der Waals surface area contributed by atoms with Gasteiger partial charge in [-0.25, -0.2) is 0 Å². The Hall–Kier alpha value is -3.16. The van der Waals surface area contributed by atoms with E-state index in [0.717, 1.165) is 19.6 Å². The fraction of sp³-hybridized carbons (Fsp3) is 0.280. The molecule has 7 heteroatoms. The molecular weight excluding hydrogens is 424 g/mol. The second kappa shape index (κ2) is 11.5. The van der Waals surface area contributed by atoms with E-state index in [-0.39, 0.29) is 11.7 Å². The maximum Gasteiger partial charge on any atom is 0.256 e. The summed E-state index contributed by atoms with van der Waals surface area (Å²) in [6, 6.07) is 15.6. The zero-order chi connectivity index (χ0) is 22.9. The van der Waals surface area contributed by atoms with Crippen molar-refractivity contribution in [3.05, 3.63) is 76.0 Å². The molecule has 2 aromatic carbocycles. The number of hydrogen-bond acceptors (Lipinski definition) is 6. The fourth-order valence-corrected chi connectivity index (χ4v) is 3.99. The Morgan fingerprint density at radius 3 is 2.38 bits per heavy atom. The van der Waals surface area contributed by atoms with Gasteiger partial charge in [-0.1, -0.05) is 38.1 Å². The van der Waals surface area contributed by atoms with Gasteiger partial charge in [0.15, 0.2) is 11.5 Å². The van der Waals surface area contributed by atoms with Gasteiger partial charge < -0.3 is 19.7 Å². The van der Waals surface area contributed by atoms with Gasteiger partial charge >= 0.3 is 0 Å². The van der Waals surface area contributed by atoms with Crippen molar-refractivity contribution in [1.82, 2.24) is 4.90 Å². The lowest BCUT2D eigenvalue weighted by molar-refractivity contribution is 0.0997. The first-order valence-electron chi connectivity index (χ1n) is 10.6. The van der Waals surface area contributed by atoms with Crippen LogP contribution in [0.3, 0.4) is 0 Å². The third-order valence-electron chi connectivity index (χ3n) is 5.14. The summed E-state index contributed by atoms with van der Waals surface area (Å²) in [5.74, 6) is 0.627. The maximum atomic E-state index is 13.0. The first kappa shape index (κ1) is 23.5. The van der Waals surface area contributed by atoms with Crippen LogP contribution in [0.25, 0.3) is 0 Å². The van der Waals surface area contributed by atoms with Crippen molar-refractivity contribution in [3.63, 3.8) is 0 Å². The van der Waals surface area contributed by atoms with Crippen molar-refractivity contribution < 1.29 is 19.1 Å². The smallest absolute Gasteiger partial charge is 0.256 e. The molecule has 168 valence electrons. The number of methoxy groups -OCH3 is 1. The van der Waals surface area contributed by atoms with Gasteiger partial charge in [0, 0.05) is 23.9 Å².